The predicted molar refractivity (Wildman–Crippen MR) is 96.2 cm³/mol. The molecule has 0 saturated carbocycles. The van der Waals surface area contributed by atoms with E-state index in [4.69, 9.17) is 4.74 Å². The number of aliphatic imine (C=N–C) groups is 1. The van der Waals surface area contributed by atoms with E-state index in [2.05, 4.69) is 29.1 Å². The van der Waals surface area contributed by atoms with Gasteiger partial charge in [0.15, 0.2) is 5.96 Å². The highest BCUT2D eigenvalue weighted by Crippen LogP contribution is 2.29. The summed E-state index contributed by atoms with van der Waals surface area (Å²) in [6.45, 7) is 6.36. The average molecular weight is 357 g/mol. The van der Waals surface area contributed by atoms with Crippen LogP contribution in [0.1, 0.15) is 19.4 Å². The summed E-state index contributed by atoms with van der Waals surface area (Å²) >= 11 is 1.97. The van der Waals surface area contributed by atoms with Gasteiger partial charge in [-0.1, -0.05) is 12.1 Å². The van der Waals surface area contributed by atoms with Crippen molar-refractivity contribution in [3.8, 4) is 5.75 Å². The van der Waals surface area contributed by atoms with E-state index in [0.29, 0.717) is 12.3 Å². The molecule has 1 aliphatic heterocycles. The van der Waals surface area contributed by atoms with Crippen molar-refractivity contribution in [1.82, 2.24) is 10.2 Å². The van der Waals surface area contributed by atoms with E-state index in [1.54, 1.807) is 25.2 Å². The van der Waals surface area contributed by atoms with Crippen molar-refractivity contribution in [2.24, 2.45) is 4.99 Å². The number of hydrogen-bond donors (Lipinski definition) is 1. The van der Waals surface area contributed by atoms with Crippen LogP contribution in [0.3, 0.4) is 0 Å². The van der Waals surface area contributed by atoms with Gasteiger partial charge >= 0.3 is 0 Å². The lowest BCUT2D eigenvalue weighted by Gasteiger charge is -2.39. The molecule has 0 radical (unpaired) electrons. The third-order valence-electron chi connectivity index (χ3n) is 3.66. The minimum absolute atomic E-state index is 0.207. The zero-order valence-electron chi connectivity index (χ0n) is 14.4. The van der Waals surface area contributed by atoms with E-state index in [1.807, 2.05) is 17.8 Å². The Balaban J connectivity index is 1.92. The quantitative estimate of drug-likeness (QED) is 0.648. The molecule has 0 bridgehead atoms. The van der Waals surface area contributed by atoms with Crippen LogP contribution < -0.4 is 10.1 Å². The molecule has 24 heavy (non-hydrogen) atoms. The van der Waals surface area contributed by atoms with Gasteiger partial charge in [0.2, 0.25) is 0 Å². The Morgan fingerprint density at radius 2 is 2.25 bits per heavy atom. The zero-order valence-corrected chi connectivity index (χ0v) is 15.2. The maximum Gasteiger partial charge on any atom is 0.272 e. The van der Waals surface area contributed by atoms with Gasteiger partial charge < -0.3 is 15.0 Å². The molecule has 0 spiro atoms. The Kier molecular flexibility index (Phi) is 6.71. The van der Waals surface area contributed by atoms with Crippen molar-refractivity contribution in [3.05, 3.63) is 29.8 Å². The van der Waals surface area contributed by atoms with E-state index in [-0.39, 0.29) is 4.75 Å². The number of hydrogen-bond acceptors (Lipinski definition) is 3. The topological polar surface area (TPSA) is 36.9 Å². The van der Waals surface area contributed by atoms with Crippen LogP contribution in [0.2, 0.25) is 0 Å². The molecule has 134 valence electrons. The smallest absolute Gasteiger partial charge is 0.272 e. The number of nitrogens with one attached hydrogen (secondary N) is 1. The molecule has 1 aromatic carbocycles. The molecular formula is C17H25F2N3OS. The van der Waals surface area contributed by atoms with Crippen LogP contribution in [0.15, 0.2) is 29.3 Å². The van der Waals surface area contributed by atoms with Crippen LogP contribution in [-0.4, -0.2) is 54.5 Å². The van der Waals surface area contributed by atoms with Crippen LogP contribution >= 0.6 is 11.8 Å². The van der Waals surface area contributed by atoms with Gasteiger partial charge in [0, 0.05) is 37.2 Å². The number of nitrogens with zero attached hydrogens (tertiary/aromatic N) is 2. The number of rotatable bonds is 5. The normalized spacial score (nSPS) is 17.9. The van der Waals surface area contributed by atoms with Crippen LogP contribution in [0.5, 0.6) is 5.75 Å². The van der Waals surface area contributed by atoms with Crippen molar-refractivity contribution in [2.75, 3.05) is 32.5 Å². The minimum Gasteiger partial charge on any atom is -0.488 e. The second-order valence-electron chi connectivity index (χ2n) is 6.28. The number of guanidine groups is 1. The summed E-state index contributed by atoms with van der Waals surface area (Å²) in [4.78, 5) is 6.62. The van der Waals surface area contributed by atoms with Crippen molar-refractivity contribution in [2.45, 2.75) is 31.6 Å². The fraction of sp³-hybridized carbons (Fsp3) is 0.588. The maximum atomic E-state index is 12.2. The molecule has 1 heterocycles. The maximum absolute atomic E-state index is 12.2. The molecule has 2 rings (SSSR count). The highest BCUT2D eigenvalue weighted by atomic mass is 32.2. The summed E-state index contributed by atoms with van der Waals surface area (Å²) in [6, 6.07) is 7.20. The first kappa shape index (κ1) is 18.8. The molecule has 4 nitrogen and oxygen atoms in total. The molecule has 7 heteroatoms. The molecule has 1 aliphatic rings. The molecule has 0 unspecified atom stereocenters. The Hall–Kier alpha value is -1.50. The average Bonchev–Trinajstić information content (AvgIpc) is 2.53. The van der Waals surface area contributed by atoms with E-state index in [1.165, 1.54) is 0 Å². The Morgan fingerprint density at radius 1 is 1.46 bits per heavy atom. The Bertz CT molecular complexity index is 567. The number of benzene rings is 1. The second kappa shape index (κ2) is 8.55. The summed E-state index contributed by atoms with van der Waals surface area (Å²) in [5, 5.41) is 3.35. The summed E-state index contributed by atoms with van der Waals surface area (Å²) in [7, 11) is 1.78. The predicted octanol–water partition coefficient (Wildman–Crippen LogP) is 3.23. The number of alkyl halides is 2. The molecule has 0 aliphatic carbocycles. The van der Waals surface area contributed by atoms with Crippen molar-refractivity contribution < 1.29 is 13.5 Å². The van der Waals surface area contributed by atoms with Gasteiger partial charge in [0.05, 0.1) is 0 Å². The molecule has 1 aromatic rings. The third-order valence-corrected chi connectivity index (χ3v) is 4.96. The van der Waals surface area contributed by atoms with Crippen molar-refractivity contribution in [3.63, 3.8) is 0 Å². The van der Waals surface area contributed by atoms with Crippen molar-refractivity contribution in [1.29, 1.82) is 0 Å². The number of halogens is 2. The van der Waals surface area contributed by atoms with Crippen LogP contribution in [0.25, 0.3) is 0 Å². The highest BCUT2D eigenvalue weighted by molar-refractivity contribution is 8.00. The van der Waals surface area contributed by atoms with E-state index in [0.717, 1.165) is 30.4 Å². The number of thioether (sulfide) groups is 1. The van der Waals surface area contributed by atoms with Gasteiger partial charge in [0.1, 0.15) is 12.4 Å². The van der Waals surface area contributed by atoms with E-state index >= 15 is 0 Å². The first-order valence-electron chi connectivity index (χ1n) is 7.99. The van der Waals surface area contributed by atoms with Gasteiger partial charge in [0.25, 0.3) is 6.43 Å². The lowest BCUT2D eigenvalue weighted by Crippen LogP contribution is -2.50. The monoisotopic (exact) mass is 357 g/mol. The summed E-state index contributed by atoms with van der Waals surface area (Å²) in [6.07, 6.45) is -2.47. The molecule has 1 N–H and O–H groups in total. The van der Waals surface area contributed by atoms with Crippen molar-refractivity contribution >= 4 is 17.7 Å². The summed E-state index contributed by atoms with van der Waals surface area (Å²) < 4.78 is 29.7. The standard InChI is InChI=1S/C17H25F2N3OS/c1-17(2)12-22(7-8-24-17)16(20-3)21-10-13-5-4-6-14(9-13)23-11-15(18)19/h4-6,9,15H,7-8,10-12H2,1-3H3,(H,20,21). The summed E-state index contributed by atoms with van der Waals surface area (Å²) in [5.41, 5.74) is 0.966. The van der Waals surface area contributed by atoms with Gasteiger partial charge in [-0.25, -0.2) is 8.78 Å². The first-order chi connectivity index (χ1) is 11.4. The fourth-order valence-corrected chi connectivity index (χ4v) is 3.73. The second-order valence-corrected chi connectivity index (χ2v) is 8.08. The molecule has 0 amide bonds. The zero-order chi connectivity index (χ0) is 17.6. The minimum atomic E-state index is -2.47. The highest BCUT2D eigenvalue weighted by Gasteiger charge is 2.28. The van der Waals surface area contributed by atoms with Crippen LogP contribution in [0, 0.1) is 0 Å². The largest absolute Gasteiger partial charge is 0.488 e. The van der Waals surface area contributed by atoms with Gasteiger partial charge in [-0.15, -0.1) is 0 Å². The van der Waals surface area contributed by atoms with Gasteiger partial charge in [-0.3, -0.25) is 4.99 Å². The molecule has 0 atom stereocenters. The van der Waals surface area contributed by atoms with Crippen LogP contribution in [-0.2, 0) is 6.54 Å². The molecule has 0 aromatic heterocycles. The van der Waals surface area contributed by atoms with E-state index < -0.39 is 13.0 Å². The third kappa shape index (κ3) is 5.85. The fourth-order valence-electron chi connectivity index (χ4n) is 2.62. The lowest BCUT2D eigenvalue weighted by atomic mass is 10.2. The number of ether oxygens (including phenoxy) is 1. The SMILES string of the molecule is CN=C(NCc1cccc(OCC(F)F)c1)N1CCSC(C)(C)C1. The van der Waals surface area contributed by atoms with E-state index in [9.17, 15) is 8.78 Å². The molecule has 1 fully saturated rings. The Labute approximate surface area is 146 Å². The summed E-state index contributed by atoms with van der Waals surface area (Å²) in [5.74, 6) is 2.40. The van der Waals surface area contributed by atoms with Gasteiger partial charge in [-0.2, -0.15) is 11.8 Å². The molecular weight excluding hydrogens is 332 g/mol. The Morgan fingerprint density at radius 3 is 2.92 bits per heavy atom. The lowest BCUT2D eigenvalue weighted by molar-refractivity contribution is 0.0818. The van der Waals surface area contributed by atoms with Crippen LogP contribution in [0.4, 0.5) is 8.78 Å². The van der Waals surface area contributed by atoms with Gasteiger partial charge in [-0.05, 0) is 31.5 Å². The molecule has 1 saturated heterocycles. The first-order valence-corrected chi connectivity index (χ1v) is 8.97.